The van der Waals surface area contributed by atoms with Gasteiger partial charge in [0.25, 0.3) is 0 Å². The zero-order chi connectivity index (χ0) is 14.8. The summed E-state index contributed by atoms with van der Waals surface area (Å²) in [6.07, 6.45) is 4.01. The number of benzene rings is 1. The normalized spacial score (nSPS) is 10.3. The van der Waals surface area contributed by atoms with Gasteiger partial charge in [-0.05, 0) is 42.5 Å². The summed E-state index contributed by atoms with van der Waals surface area (Å²) in [5, 5.41) is 11.8. The molecule has 2 amide bonds. The van der Waals surface area contributed by atoms with Crippen molar-refractivity contribution >= 4 is 23.5 Å². The molecule has 0 fully saturated rings. The second kappa shape index (κ2) is 9.66. The Hall–Kier alpha value is -1.20. The van der Waals surface area contributed by atoms with E-state index in [-0.39, 0.29) is 12.6 Å². The minimum absolute atomic E-state index is 0.0129. The Morgan fingerprint density at radius 1 is 1.30 bits per heavy atom. The fourth-order valence-electron chi connectivity index (χ4n) is 1.88. The third kappa shape index (κ3) is 5.84. The molecule has 0 unspecified atom stereocenters. The Labute approximate surface area is 125 Å². The minimum atomic E-state index is -0.155. The van der Waals surface area contributed by atoms with Gasteiger partial charge in [-0.25, -0.2) is 4.79 Å². The van der Waals surface area contributed by atoms with Gasteiger partial charge >= 0.3 is 6.03 Å². The molecule has 0 radical (unpaired) electrons. The highest BCUT2D eigenvalue weighted by Gasteiger charge is 2.11. The van der Waals surface area contributed by atoms with Crippen LogP contribution in [-0.2, 0) is 6.42 Å². The monoisotopic (exact) mass is 296 g/mol. The van der Waals surface area contributed by atoms with Crippen LogP contribution in [0.15, 0.2) is 24.3 Å². The van der Waals surface area contributed by atoms with Crippen LogP contribution in [0.25, 0.3) is 0 Å². The second-order valence-corrected chi connectivity index (χ2v) is 5.57. The molecular formula is C15H24N2O2S. The smallest absolute Gasteiger partial charge is 0.321 e. The van der Waals surface area contributed by atoms with Crippen molar-refractivity contribution in [2.45, 2.75) is 19.8 Å². The van der Waals surface area contributed by atoms with Crippen molar-refractivity contribution in [3.63, 3.8) is 0 Å². The number of hydrogen-bond donors (Lipinski definition) is 2. The van der Waals surface area contributed by atoms with Gasteiger partial charge < -0.3 is 15.3 Å². The summed E-state index contributed by atoms with van der Waals surface area (Å²) in [6.45, 7) is 3.02. The summed E-state index contributed by atoms with van der Waals surface area (Å²) in [6, 6.07) is 7.79. The summed E-state index contributed by atoms with van der Waals surface area (Å²) in [5.74, 6) is 1.10. The molecule has 0 aromatic heterocycles. The van der Waals surface area contributed by atoms with E-state index in [1.54, 1.807) is 4.90 Å². The first kappa shape index (κ1) is 16.9. The highest BCUT2D eigenvalue weighted by molar-refractivity contribution is 7.98. The van der Waals surface area contributed by atoms with Crippen molar-refractivity contribution in [2.24, 2.45) is 0 Å². The summed E-state index contributed by atoms with van der Waals surface area (Å²) < 4.78 is 0. The molecule has 0 aliphatic heterocycles. The van der Waals surface area contributed by atoms with Crippen LogP contribution in [0, 0.1) is 0 Å². The van der Waals surface area contributed by atoms with Crippen molar-refractivity contribution in [1.82, 2.24) is 4.90 Å². The van der Waals surface area contributed by atoms with E-state index in [9.17, 15) is 4.79 Å². The van der Waals surface area contributed by atoms with Crippen LogP contribution >= 0.6 is 11.8 Å². The maximum Gasteiger partial charge on any atom is 0.321 e. The van der Waals surface area contributed by atoms with Gasteiger partial charge in [-0.15, -0.1) is 0 Å². The number of thioether (sulfide) groups is 1. The highest BCUT2D eigenvalue weighted by atomic mass is 32.2. The van der Waals surface area contributed by atoms with E-state index in [2.05, 4.69) is 11.6 Å². The van der Waals surface area contributed by atoms with E-state index < -0.39 is 0 Å². The first-order valence-corrected chi connectivity index (χ1v) is 8.35. The minimum Gasteiger partial charge on any atom is -0.395 e. The number of urea groups is 1. The van der Waals surface area contributed by atoms with Crippen LogP contribution in [0.3, 0.4) is 0 Å². The number of anilines is 1. The molecule has 112 valence electrons. The molecular weight excluding hydrogens is 272 g/mol. The van der Waals surface area contributed by atoms with E-state index in [4.69, 9.17) is 5.11 Å². The van der Waals surface area contributed by atoms with E-state index in [1.165, 1.54) is 5.56 Å². The molecule has 0 bridgehead atoms. The topological polar surface area (TPSA) is 52.6 Å². The average molecular weight is 296 g/mol. The molecule has 0 saturated carbocycles. The fraction of sp³-hybridized carbons (Fsp3) is 0.533. The number of nitrogens with one attached hydrogen (secondary N) is 1. The maximum atomic E-state index is 12.0. The Kier molecular flexibility index (Phi) is 8.14. The molecule has 0 aliphatic rings. The zero-order valence-electron chi connectivity index (χ0n) is 12.3. The molecule has 1 rings (SSSR count). The SMILES string of the molecule is CCCN(CCO)C(=O)Nc1ccc(CCSC)cc1. The van der Waals surface area contributed by atoms with Crippen LogP contribution in [0.5, 0.6) is 0 Å². The molecule has 20 heavy (non-hydrogen) atoms. The molecule has 2 N–H and O–H groups in total. The van der Waals surface area contributed by atoms with Crippen LogP contribution in [0.4, 0.5) is 10.5 Å². The average Bonchev–Trinajstić information content (AvgIpc) is 2.46. The number of nitrogens with zero attached hydrogens (tertiary/aromatic N) is 1. The van der Waals surface area contributed by atoms with Crippen LogP contribution in [-0.4, -0.2) is 47.7 Å². The standard InChI is InChI=1S/C15H24N2O2S/c1-3-9-17(10-11-18)15(19)16-14-6-4-13(5-7-14)8-12-20-2/h4-7,18H,3,8-12H2,1-2H3,(H,16,19). The van der Waals surface area contributed by atoms with Gasteiger partial charge in [0.1, 0.15) is 0 Å². The van der Waals surface area contributed by atoms with Gasteiger partial charge in [0, 0.05) is 18.8 Å². The van der Waals surface area contributed by atoms with Crippen molar-refractivity contribution in [3.05, 3.63) is 29.8 Å². The molecule has 5 heteroatoms. The number of hydrogen-bond acceptors (Lipinski definition) is 3. The first-order chi connectivity index (χ1) is 9.71. The second-order valence-electron chi connectivity index (χ2n) is 4.58. The lowest BCUT2D eigenvalue weighted by Gasteiger charge is -2.21. The van der Waals surface area contributed by atoms with Gasteiger partial charge in [0.05, 0.1) is 6.61 Å². The molecule has 4 nitrogen and oxygen atoms in total. The fourth-order valence-corrected chi connectivity index (χ4v) is 2.32. The summed E-state index contributed by atoms with van der Waals surface area (Å²) in [5.41, 5.74) is 2.07. The lowest BCUT2D eigenvalue weighted by atomic mass is 10.1. The Morgan fingerprint density at radius 2 is 2.00 bits per heavy atom. The van der Waals surface area contributed by atoms with Gasteiger partial charge in [-0.2, -0.15) is 11.8 Å². The van der Waals surface area contributed by atoms with Crippen molar-refractivity contribution in [2.75, 3.05) is 37.0 Å². The predicted octanol–water partition coefficient (Wildman–Crippen LogP) is 2.83. The number of carbonyl (C=O) groups excluding carboxylic acids is 1. The van der Waals surface area contributed by atoms with Crippen LogP contribution < -0.4 is 5.32 Å². The number of amides is 2. The molecule has 1 aromatic rings. The third-order valence-electron chi connectivity index (χ3n) is 2.95. The van der Waals surface area contributed by atoms with E-state index in [1.807, 2.05) is 43.0 Å². The number of carbonyl (C=O) groups is 1. The quantitative estimate of drug-likeness (QED) is 0.775. The van der Waals surface area contributed by atoms with Crippen molar-refractivity contribution in [3.8, 4) is 0 Å². The molecule has 0 heterocycles. The Balaban J connectivity index is 2.55. The molecule has 0 spiro atoms. The number of aliphatic hydroxyl groups is 1. The van der Waals surface area contributed by atoms with E-state index >= 15 is 0 Å². The summed E-state index contributed by atoms with van der Waals surface area (Å²) >= 11 is 1.83. The first-order valence-electron chi connectivity index (χ1n) is 6.96. The van der Waals surface area contributed by atoms with Crippen LogP contribution in [0.1, 0.15) is 18.9 Å². The summed E-state index contributed by atoms with van der Waals surface area (Å²) in [4.78, 5) is 13.7. The Morgan fingerprint density at radius 3 is 2.55 bits per heavy atom. The molecule has 0 aliphatic carbocycles. The predicted molar refractivity (Wildman–Crippen MR) is 86.5 cm³/mol. The van der Waals surface area contributed by atoms with Gasteiger partial charge in [0.2, 0.25) is 0 Å². The number of rotatable bonds is 8. The van der Waals surface area contributed by atoms with Crippen LogP contribution in [0.2, 0.25) is 0 Å². The van der Waals surface area contributed by atoms with Gasteiger partial charge in [0.15, 0.2) is 0 Å². The Bertz CT molecular complexity index is 389. The van der Waals surface area contributed by atoms with Gasteiger partial charge in [-0.1, -0.05) is 19.1 Å². The number of aryl methyl sites for hydroxylation is 1. The largest absolute Gasteiger partial charge is 0.395 e. The zero-order valence-corrected chi connectivity index (χ0v) is 13.1. The maximum absolute atomic E-state index is 12.0. The third-order valence-corrected chi connectivity index (χ3v) is 3.56. The van der Waals surface area contributed by atoms with Gasteiger partial charge in [-0.3, -0.25) is 0 Å². The van der Waals surface area contributed by atoms with Crippen molar-refractivity contribution in [1.29, 1.82) is 0 Å². The number of aliphatic hydroxyl groups excluding tert-OH is 1. The van der Waals surface area contributed by atoms with E-state index in [0.717, 1.165) is 24.3 Å². The van der Waals surface area contributed by atoms with E-state index in [0.29, 0.717) is 13.1 Å². The summed E-state index contributed by atoms with van der Waals surface area (Å²) in [7, 11) is 0. The highest BCUT2D eigenvalue weighted by Crippen LogP contribution is 2.12. The lowest BCUT2D eigenvalue weighted by Crippen LogP contribution is -2.37. The molecule has 0 atom stereocenters. The lowest BCUT2D eigenvalue weighted by molar-refractivity contribution is 0.188. The molecule has 0 saturated heterocycles. The molecule has 1 aromatic carbocycles. The van der Waals surface area contributed by atoms with Crippen molar-refractivity contribution < 1.29 is 9.90 Å².